The summed E-state index contributed by atoms with van der Waals surface area (Å²) in [5.74, 6) is 2.16. The Morgan fingerprint density at radius 3 is 2.89 bits per heavy atom. The number of benzene rings is 1. The van der Waals surface area contributed by atoms with Gasteiger partial charge in [0.25, 0.3) is 0 Å². The van der Waals surface area contributed by atoms with Crippen molar-refractivity contribution in [2.24, 2.45) is 11.8 Å². The summed E-state index contributed by atoms with van der Waals surface area (Å²) < 4.78 is 5.30. The van der Waals surface area contributed by atoms with Crippen LogP contribution in [0.15, 0.2) is 24.3 Å². The lowest BCUT2D eigenvalue weighted by Crippen LogP contribution is -2.38. The number of ether oxygens (including phenoxy) is 1. The van der Waals surface area contributed by atoms with Crippen LogP contribution in [0.25, 0.3) is 0 Å². The first-order chi connectivity index (χ1) is 9.36. The van der Waals surface area contributed by atoms with E-state index in [2.05, 4.69) is 34.9 Å². The van der Waals surface area contributed by atoms with Crippen molar-refractivity contribution in [3.63, 3.8) is 0 Å². The standard InChI is InChI=1S/C16H24N2O/c1-19-11-13-6-12(8-17-9-13)7-14-10-18-16-5-3-2-4-15(14)16/h2-5,12-14,17-18H,6-11H2,1H3/t12-,13-,14?/m1/s1. The molecule has 19 heavy (non-hydrogen) atoms. The third kappa shape index (κ3) is 2.93. The number of anilines is 1. The topological polar surface area (TPSA) is 33.3 Å². The Hall–Kier alpha value is -1.06. The van der Waals surface area contributed by atoms with E-state index in [0.29, 0.717) is 11.8 Å². The van der Waals surface area contributed by atoms with Crippen LogP contribution in [-0.4, -0.2) is 33.4 Å². The van der Waals surface area contributed by atoms with Gasteiger partial charge in [-0.3, -0.25) is 0 Å². The van der Waals surface area contributed by atoms with Crippen molar-refractivity contribution in [1.82, 2.24) is 5.32 Å². The molecule has 2 aliphatic heterocycles. The summed E-state index contributed by atoms with van der Waals surface area (Å²) in [5.41, 5.74) is 2.85. The van der Waals surface area contributed by atoms with Gasteiger partial charge in [0, 0.05) is 31.8 Å². The molecule has 2 aliphatic rings. The first-order valence-electron chi connectivity index (χ1n) is 7.39. The number of fused-ring (bicyclic) bond motifs is 1. The van der Waals surface area contributed by atoms with Crippen molar-refractivity contribution in [3.8, 4) is 0 Å². The van der Waals surface area contributed by atoms with E-state index in [1.54, 1.807) is 7.11 Å². The van der Waals surface area contributed by atoms with E-state index in [4.69, 9.17) is 4.74 Å². The number of hydrogen-bond acceptors (Lipinski definition) is 3. The summed E-state index contributed by atoms with van der Waals surface area (Å²) in [6.45, 7) is 4.27. The Morgan fingerprint density at radius 1 is 1.16 bits per heavy atom. The summed E-state index contributed by atoms with van der Waals surface area (Å²) >= 11 is 0. The molecule has 3 nitrogen and oxygen atoms in total. The SMILES string of the molecule is COC[C@H]1CNC[C@@H](CC2CNc3ccccc32)C1. The lowest BCUT2D eigenvalue weighted by atomic mass is 9.83. The summed E-state index contributed by atoms with van der Waals surface area (Å²) in [6, 6.07) is 8.75. The Morgan fingerprint density at radius 2 is 2.00 bits per heavy atom. The highest BCUT2D eigenvalue weighted by molar-refractivity contribution is 5.57. The van der Waals surface area contributed by atoms with Crippen molar-refractivity contribution in [1.29, 1.82) is 0 Å². The third-order valence-corrected chi connectivity index (χ3v) is 4.49. The van der Waals surface area contributed by atoms with Crippen LogP contribution in [0, 0.1) is 11.8 Å². The molecule has 2 heterocycles. The number of rotatable bonds is 4. The molecule has 1 aromatic rings. The highest BCUT2D eigenvalue weighted by Crippen LogP contribution is 2.36. The van der Waals surface area contributed by atoms with Gasteiger partial charge < -0.3 is 15.4 Å². The number of nitrogens with one attached hydrogen (secondary N) is 2. The molecular weight excluding hydrogens is 236 g/mol. The first kappa shape index (κ1) is 12.9. The van der Waals surface area contributed by atoms with Crippen molar-refractivity contribution in [2.75, 3.05) is 38.7 Å². The van der Waals surface area contributed by atoms with Crippen molar-refractivity contribution in [3.05, 3.63) is 29.8 Å². The van der Waals surface area contributed by atoms with Crippen LogP contribution >= 0.6 is 0 Å². The molecule has 3 rings (SSSR count). The molecule has 3 atom stereocenters. The van der Waals surface area contributed by atoms with Gasteiger partial charge >= 0.3 is 0 Å². The molecule has 3 heteroatoms. The zero-order valence-electron chi connectivity index (χ0n) is 11.7. The maximum atomic E-state index is 5.30. The fourth-order valence-corrected chi connectivity index (χ4v) is 3.64. The molecule has 0 aliphatic carbocycles. The summed E-state index contributed by atoms with van der Waals surface area (Å²) in [5, 5.41) is 7.10. The van der Waals surface area contributed by atoms with Gasteiger partial charge in [-0.25, -0.2) is 0 Å². The minimum Gasteiger partial charge on any atom is -0.384 e. The minimum absolute atomic E-state index is 0.685. The third-order valence-electron chi connectivity index (χ3n) is 4.49. The molecule has 0 amide bonds. The van der Waals surface area contributed by atoms with Crippen molar-refractivity contribution < 1.29 is 4.74 Å². The van der Waals surface area contributed by atoms with Crippen LogP contribution in [-0.2, 0) is 4.74 Å². The van der Waals surface area contributed by atoms with E-state index in [-0.39, 0.29) is 0 Å². The van der Waals surface area contributed by atoms with Crippen LogP contribution in [0.5, 0.6) is 0 Å². The predicted molar refractivity (Wildman–Crippen MR) is 78.6 cm³/mol. The highest BCUT2D eigenvalue weighted by Gasteiger charge is 2.28. The first-order valence-corrected chi connectivity index (χ1v) is 7.39. The number of piperidine rings is 1. The maximum absolute atomic E-state index is 5.30. The van der Waals surface area contributed by atoms with E-state index < -0.39 is 0 Å². The molecule has 0 saturated carbocycles. The van der Waals surface area contributed by atoms with E-state index in [9.17, 15) is 0 Å². The molecule has 1 aromatic carbocycles. The lowest BCUT2D eigenvalue weighted by molar-refractivity contribution is 0.119. The molecule has 104 valence electrons. The molecule has 0 aromatic heterocycles. The molecule has 1 fully saturated rings. The molecule has 1 unspecified atom stereocenters. The van der Waals surface area contributed by atoms with Crippen LogP contribution in [0.3, 0.4) is 0 Å². The van der Waals surface area contributed by atoms with Crippen molar-refractivity contribution >= 4 is 5.69 Å². The maximum Gasteiger partial charge on any atom is 0.0502 e. The Balaban J connectivity index is 1.60. The fourth-order valence-electron chi connectivity index (χ4n) is 3.64. The van der Waals surface area contributed by atoms with Gasteiger partial charge in [0.05, 0.1) is 6.61 Å². The monoisotopic (exact) mass is 260 g/mol. The molecule has 0 bridgehead atoms. The summed E-state index contributed by atoms with van der Waals surface area (Å²) in [7, 11) is 1.81. The smallest absolute Gasteiger partial charge is 0.0502 e. The second-order valence-corrected chi connectivity index (χ2v) is 5.98. The normalized spacial score (nSPS) is 29.8. The highest BCUT2D eigenvalue weighted by atomic mass is 16.5. The quantitative estimate of drug-likeness (QED) is 0.872. The molecule has 1 saturated heterocycles. The number of hydrogen-bond donors (Lipinski definition) is 2. The Kier molecular flexibility index (Phi) is 4.04. The van der Waals surface area contributed by atoms with E-state index in [1.807, 2.05) is 0 Å². The zero-order chi connectivity index (χ0) is 13.1. The van der Waals surface area contributed by atoms with Crippen molar-refractivity contribution in [2.45, 2.75) is 18.8 Å². The second kappa shape index (κ2) is 5.93. The largest absolute Gasteiger partial charge is 0.384 e. The lowest BCUT2D eigenvalue weighted by Gasteiger charge is -2.31. The Bertz CT molecular complexity index is 419. The van der Waals surface area contributed by atoms with E-state index in [0.717, 1.165) is 25.6 Å². The van der Waals surface area contributed by atoms with Gasteiger partial charge in [-0.2, -0.15) is 0 Å². The average molecular weight is 260 g/mol. The number of para-hydroxylation sites is 1. The predicted octanol–water partition coefficient (Wildman–Crippen LogP) is 2.46. The molecule has 2 N–H and O–H groups in total. The van der Waals surface area contributed by atoms with Gasteiger partial charge in [0.15, 0.2) is 0 Å². The van der Waals surface area contributed by atoms with Gasteiger partial charge in [-0.15, -0.1) is 0 Å². The van der Waals surface area contributed by atoms with Gasteiger partial charge in [-0.05, 0) is 42.9 Å². The summed E-state index contributed by atoms with van der Waals surface area (Å²) in [6.07, 6.45) is 2.59. The Labute approximate surface area is 115 Å². The van der Waals surface area contributed by atoms with E-state index >= 15 is 0 Å². The molecular formula is C16H24N2O. The second-order valence-electron chi connectivity index (χ2n) is 5.98. The average Bonchev–Trinajstić information content (AvgIpc) is 2.83. The summed E-state index contributed by atoms with van der Waals surface area (Å²) in [4.78, 5) is 0. The van der Waals surface area contributed by atoms with Gasteiger partial charge in [0.2, 0.25) is 0 Å². The molecule has 0 spiro atoms. The zero-order valence-corrected chi connectivity index (χ0v) is 11.7. The van der Waals surface area contributed by atoms with Gasteiger partial charge in [-0.1, -0.05) is 18.2 Å². The van der Waals surface area contributed by atoms with Crippen LogP contribution in [0.4, 0.5) is 5.69 Å². The minimum atomic E-state index is 0.685. The molecule has 0 radical (unpaired) electrons. The van der Waals surface area contributed by atoms with Crippen LogP contribution in [0.2, 0.25) is 0 Å². The van der Waals surface area contributed by atoms with Crippen LogP contribution < -0.4 is 10.6 Å². The van der Waals surface area contributed by atoms with Gasteiger partial charge in [0.1, 0.15) is 0 Å². The van der Waals surface area contributed by atoms with Crippen LogP contribution in [0.1, 0.15) is 24.3 Å². The fraction of sp³-hybridized carbons (Fsp3) is 0.625. The number of methoxy groups -OCH3 is 1. The van der Waals surface area contributed by atoms with E-state index in [1.165, 1.54) is 30.6 Å².